The summed E-state index contributed by atoms with van der Waals surface area (Å²) < 4.78 is 6.55. The molecule has 2 heteroatoms. The molecule has 1 aromatic heterocycles. The summed E-state index contributed by atoms with van der Waals surface area (Å²) in [7, 11) is 0. The first-order valence-corrected chi connectivity index (χ1v) is 4.49. The van der Waals surface area contributed by atoms with Crippen LogP contribution in [0.2, 0.25) is 0 Å². The fraction of sp³-hybridized carbons (Fsp3) is 0.111. The van der Waals surface area contributed by atoms with Gasteiger partial charge in [-0.25, -0.2) is 0 Å². The maximum atomic E-state index is 5.29. The fourth-order valence-corrected chi connectivity index (χ4v) is 2.12. The van der Waals surface area contributed by atoms with Gasteiger partial charge in [-0.15, -0.1) is 0 Å². The minimum atomic E-state index is 1.00. The fourth-order valence-electron chi connectivity index (χ4n) is 1.22. The molecule has 56 valence electrons. The Morgan fingerprint density at radius 3 is 2.91 bits per heavy atom. The topological polar surface area (TPSA) is 13.1 Å². The average Bonchev–Trinajstić information content (AvgIpc) is 2.34. The molecule has 0 radical (unpaired) electrons. The molecular weight excluding hydrogens is 251 g/mol. The second-order valence-electron chi connectivity index (χ2n) is 2.50. The van der Waals surface area contributed by atoms with E-state index in [9.17, 15) is 0 Å². The smallest absolute Gasteiger partial charge is 0.109 e. The minimum Gasteiger partial charge on any atom is -0.468 e. The van der Waals surface area contributed by atoms with E-state index < -0.39 is 0 Å². The average molecular weight is 258 g/mol. The third kappa shape index (κ3) is 1.05. The number of hydrogen-bond acceptors (Lipinski definition) is 1. The molecule has 0 fully saturated rings. The van der Waals surface area contributed by atoms with Crippen molar-refractivity contribution in [1.29, 1.82) is 0 Å². The Labute approximate surface area is 78.5 Å². The van der Waals surface area contributed by atoms with Crippen LogP contribution < -0.4 is 0 Å². The van der Waals surface area contributed by atoms with Gasteiger partial charge >= 0.3 is 0 Å². The SMILES string of the molecule is Cc1occ2cccc(I)c12. The normalized spacial score (nSPS) is 10.7. The highest BCUT2D eigenvalue weighted by molar-refractivity contribution is 14.1. The molecule has 2 aromatic rings. The molecule has 0 bridgehead atoms. The zero-order valence-electron chi connectivity index (χ0n) is 6.10. The van der Waals surface area contributed by atoms with Gasteiger partial charge in [-0.05, 0) is 35.6 Å². The van der Waals surface area contributed by atoms with Gasteiger partial charge in [0, 0.05) is 14.3 Å². The van der Waals surface area contributed by atoms with Crippen LogP contribution in [0.5, 0.6) is 0 Å². The van der Waals surface area contributed by atoms with E-state index in [4.69, 9.17) is 4.42 Å². The van der Waals surface area contributed by atoms with Crippen molar-refractivity contribution in [2.75, 3.05) is 0 Å². The lowest BCUT2D eigenvalue weighted by Gasteiger charge is -1.91. The Balaban J connectivity index is 2.96. The van der Waals surface area contributed by atoms with Crippen LogP contribution in [0.25, 0.3) is 10.8 Å². The third-order valence-corrected chi connectivity index (χ3v) is 2.66. The molecule has 0 N–H and O–H groups in total. The number of halogens is 1. The predicted molar refractivity (Wildman–Crippen MR) is 53.7 cm³/mol. The Morgan fingerprint density at radius 2 is 2.18 bits per heavy atom. The van der Waals surface area contributed by atoms with Crippen LogP contribution in [0.1, 0.15) is 5.76 Å². The molecule has 0 amide bonds. The van der Waals surface area contributed by atoms with Crippen LogP contribution in [-0.4, -0.2) is 0 Å². The molecule has 0 saturated carbocycles. The molecule has 0 aliphatic heterocycles. The minimum absolute atomic E-state index is 1.00. The van der Waals surface area contributed by atoms with Gasteiger partial charge < -0.3 is 4.42 Å². The van der Waals surface area contributed by atoms with E-state index in [0.717, 1.165) is 5.76 Å². The van der Waals surface area contributed by atoms with Gasteiger partial charge in [0.2, 0.25) is 0 Å². The van der Waals surface area contributed by atoms with Crippen molar-refractivity contribution < 1.29 is 4.42 Å². The molecule has 0 atom stereocenters. The molecule has 1 heterocycles. The zero-order valence-corrected chi connectivity index (χ0v) is 8.25. The van der Waals surface area contributed by atoms with E-state index in [1.807, 2.05) is 13.0 Å². The van der Waals surface area contributed by atoms with Crippen LogP contribution in [0.4, 0.5) is 0 Å². The van der Waals surface area contributed by atoms with E-state index in [2.05, 4.69) is 34.7 Å². The number of hydrogen-bond donors (Lipinski definition) is 0. The third-order valence-electron chi connectivity index (χ3n) is 1.76. The first-order chi connectivity index (χ1) is 5.29. The van der Waals surface area contributed by atoms with Gasteiger partial charge in [0.25, 0.3) is 0 Å². The molecular formula is C9H7IO. The van der Waals surface area contributed by atoms with E-state index >= 15 is 0 Å². The maximum absolute atomic E-state index is 5.29. The summed E-state index contributed by atoms with van der Waals surface area (Å²) in [5, 5.41) is 2.43. The van der Waals surface area contributed by atoms with Crippen LogP contribution in [0.3, 0.4) is 0 Å². The van der Waals surface area contributed by atoms with Crippen molar-refractivity contribution in [3.05, 3.63) is 33.8 Å². The molecule has 0 unspecified atom stereocenters. The Hall–Kier alpha value is -0.510. The van der Waals surface area contributed by atoms with Crippen LogP contribution >= 0.6 is 22.6 Å². The van der Waals surface area contributed by atoms with Gasteiger partial charge in [-0.3, -0.25) is 0 Å². The van der Waals surface area contributed by atoms with E-state index in [1.165, 1.54) is 14.3 Å². The number of aryl methyl sites for hydroxylation is 1. The lowest BCUT2D eigenvalue weighted by molar-refractivity contribution is 0.539. The molecule has 0 aliphatic carbocycles. The summed E-state index contributed by atoms with van der Waals surface area (Å²) in [5.41, 5.74) is 0. The number of rotatable bonds is 0. The molecule has 11 heavy (non-hydrogen) atoms. The second kappa shape index (κ2) is 2.52. The van der Waals surface area contributed by atoms with Crippen molar-refractivity contribution >= 4 is 33.4 Å². The summed E-state index contributed by atoms with van der Waals surface area (Å²) in [6.07, 6.45) is 1.80. The van der Waals surface area contributed by atoms with Crippen molar-refractivity contribution in [1.82, 2.24) is 0 Å². The summed E-state index contributed by atoms with van der Waals surface area (Å²) in [5.74, 6) is 1.00. The number of furan rings is 1. The largest absolute Gasteiger partial charge is 0.468 e. The first-order valence-electron chi connectivity index (χ1n) is 3.41. The molecule has 0 saturated heterocycles. The van der Waals surface area contributed by atoms with Crippen molar-refractivity contribution in [3.63, 3.8) is 0 Å². The van der Waals surface area contributed by atoms with Gasteiger partial charge in [0.1, 0.15) is 5.76 Å². The monoisotopic (exact) mass is 258 g/mol. The van der Waals surface area contributed by atoms with Crippen molar-refractivity contribution in [2.45, 2.75) is 6.92 Å². The Kier molecular flexibility index (Phi) is 1.64. The quantitative estimate of drug-likeness (QED) is 0.660. The number of fused-ring (bicyclic) bond motifs is 1. The summed E-state index contributed by atoms with van der Waals surface area (Å²) >= 11 is 2.32. The van der Waals surface area contributed by atoms with Crippen LogP contribution in [-0.2, 0) is 0 Å². The van der Waals surface area contributed by atoms with Crippen LogP contribution in [0, 0.1) is 10.5 Å². The van der Waals surface area contributed by atoms with Crippen LogP contribution in [0.15, 0.2) is 28.9 Å². The highest BCUT2D eigenvalue weighted by atomic mass is 127. The maximum Gasteiger partial charge on any atom is 0.109 e. The second-order valence-corrected chi connectivity index (χ2v) is 3.66. The van der Waals surface area contributed by atoms with Gasteiger partial charge in [-0.1, -0.05) is 12.1 Å². The number of benzene rings is 1. The van der Waals surface area contributed by atoms with Gasteiger partial charge in [0.05, 0.1) is 6.26 Å². The van der Waals surface area contributed by atoms with Gasteiger partial charge in [0.15, 0.2) is 0 Å². The molecule has 0 spiro atoms. The van der Waals surface area contributed by atoms with Gasteiger partial charge in [-0.2, -0.15) is 0 Å². The highest BCUT2D eigenvalue weighted by Crippen LogP contribution is 2.24. The Morgan fingerprint density at radius 1 is 1.36 bits per heavy atom. The molecule has 1 aromatic carbocycles. The molecule has 1 nitrogen and oxygen atoms in total. The van der Waals surface area contributed by atoms with E-state index in [0.29, 0.717) is 0 Å². The van der Waals surface area contributed by atoms with E-state index in [1.54, 1.807) is 6.26 Å². The molecule has 2 rings (SSSR count). The van der Waals surface area contributed by atoms with E-state index in [-0.39, 0.29) is 0 Å². The lowest BCUT2D eigenvalue weighted by atomic mass is 10.2. The van der Waals surface area contributed by atoms with Crippen molar-refractivity contribution in [3.8, 4) is 0 Å². The standard InChI is InChI=1S/C9H7IO/c1-6-9-7(5-11-6)3-2-4-8(9)10/h2-5H,1H3. The molecule has 0 aliphatic rings. The lowest BCUT2D eigenvalue weighted by Crippen LogP contribution is -1.73. The predicted octanol–water partition coefficient (Wildman–Crippen LogP) is 3.35. The summed E-state index contributed by atoms with van der Waals surface area (Å²) in [6, 6.07) is 6.19. The first kappa shape index (κ1) is 7.16. The summed E-state index contributed by atoms with van der Waals surface area (Å²) in [6.45, 7) is 1.99. The highest BCUT2D eigenvalue weighted by Gasteiger charge is 2.03. The van der Waals surface area contributed by atoms with Crippen molar-refractivity contribution in [2.24, 2.45) is 0 Å². The zero-order chi connectivity index (χ0) is 7.84. The Bertz CT molecular complexity index is 389. The summed E-state index contributed by atoms with van der Waals surface area (Å²) in [4.78, 5) is 0.